The average molecular weight is 347 g/mol. The molecule has 0 bridgehead atoms. The number of carbonyl (C=O) groups is 3. The Hall–Kier alpha value is -2.37. The molecule has 6 nitrogen and oxygen atoms in total. The molecule has 1 aliphatic rings. The third-order valence-corrected chi connectivity index (χ3v) is 4.08. The normalized spacial score (nSPS) is 17.4. The van der Waals surface area contributed by atoms with E-state index in [9.17, 15) is 14.4 Å². The molecule has 1 saturated heterocycles. The van der Waals surface area contributed by atoms with Gasteiger partial charge in [0.1, 0.15) is 11.6 Å². The molecule has 1 amide bonds. The SMILES string of the molecule is CC(C)(C)OC(=O)C1CCCN1C(=O)CCc1ccc(C(=O)O)cc1. The van der Waals surface area contributed by atoms with Crippen LogP contribution in [-0.4, -0.2) is 46.0 Å². The largest absolute Gasteiger partial charge is 0.478 e. The number of carboxylic acids is 1. The lowest BCUT2D eigenvalue weighted by Crippen LogP contribution is -2.43. The first-order valence-corrected chi connectivity index (χ1v) is 8.52. The van der Waals surface area contributed by atoms with Crippen molar-refractivity contribution in [1.82, 2.24) is 4.90 Å². The van der Waals surface area contributed by atoms with Crippen LogP contribution in [0.25, 0.3) is 0 Å². The number of esters is 1. The maximum absolute atomic E-state index is 12.5. The molecular weight excluding hydrogens is 322 g/mol. The number of carbonyl (C=O) groups excluding carboxylic acids is 2. The highest BCUT2D eigenvalue weighted by Crippen LogP contribution is 2.22. The number of hydrogen-bond acceptors (Lipinski definition) is 4. The fourth-order valence-electron chi connectivity index (χ4n) is 2.89. The van der Waals surface area contributed by atoms with Gasteiger partial charge in [0.15, 0.2) is 0 Å². The first-order valence-electron chi connectivity index (χ1n) is 8.52. The molecule has 0 saturated carbocycles. The number of likely N-dealkylation sites (tertiary alicyclic amines) is 1. The summed E-state index contributed by atoms with van der Waals surface area (Å²) in [4.78, 5) is 37.2. The Bertz CT molecular complexity index is 645. The lowest BCUT2D eigenvalue weighted by atomic mass is 10.1. The summed E-state index contributed by atoms with van der Waals surface area (Å²) in [5.41, 5.74) is 0.547. The van der Waals surface area contributed by atoms with E-state index in [0.29, 0.717) is 19.4 Å². The van der Waals surface area contributed by atoms with Gasteiger partial charge in [0.05, 0.1) is 5.56 Å². The topological polar surface area (TPSA) is 83.9 Å². The van der Waals surface area contributed by atoms with Crippen LogP contribution in [0.5, 0.6) is 0 Å². The van der Waals surface area contributed by atoms with Crippen molar-refractivity contribution in [2.75, 3.05) is 6.54 Å². The smallest absolute Gasteiger partial charge is 0.335 e. The minimum absolute atomic E-state index is 0.0735. The standard InChI is InChI=1S/C19H25NO5/c1-19(2,3)25-18(24)15-5-4-12-20(15)16(21)11-8-13-6-9-14(10-7-13)17(22)23/h6-7,9-10,15H,4-5,8,11-12H2,1-3H3,(H,22,23). The molecule has 0 radical (unpaired) electrons. The second-order valence-corrected chi connectivity index (χ2v) is 7.28. The lowest BCUT2D eigenvalue weighted by molar-refractivity contribution is -0.163. The summed E-state index contributed by atoms with van der Waals surface area (Å²) >= 11 is 0. The number of ether oxygens (including phenoxy) is 1. The Balaban J connectivity index is 1.93. The van der Waals surface area contributed by atoms with Crippen LogP contribution < -0.4 is 0 Å². The number of benzene rings is 1. The fourth-order valence-corrected chi connectivity index (χ4v) is 2.89. The molecule has 1 aromatic rings. The zero-order valence-electron chi connectivity index (χ0n) is 14.9. The zero-order chi connectivity index (χ0) is 18.6. The Morgan fingerprint density at radius 1 is 1.20 bits per heavy atom. The van der Waals surface area contributed by atoms with Gasteiger partial charge in [-0.15, -0.1) is 0 Å². The van der Waals surface area contributed by atoms with Gasteiger partial charge in [-0.2, -0.15) is 0 Å². The number of aryl methyl sites for hydroxylation is 1. The molecule has 1 unspecified atom stereocenters. The fraction of sp³-hybridized carbons (Fsp3) is 0.526. The van der Waals surface area contributed by atoms with Gasteiger partial charge in [0, 0.05) is 13.0 Å². The van der Waals surface area contributed by atoms with E-state index < -0.39 is 17.6 Å². The summed E-state index contributed by atoms with van der Waals surface area (Å²) in [6.07, 6.45) is 2.22. The summed E-state index contributed by atoms with van der Waals surface area (Å²) in [7, 11) is 0. The molecule has 0 spiro atoms. The monoisotopic (exact) mass is 347 g/mol. The zero-order valence-corrected chi connectivity index (χ0v) is 14.9. The van der Waals surface area contributed by atoms with Gasteiger partial charge in [-0.1, -0.05) is 12.1 Å². The minimum Gasteiger partial charge on any atom is -0.478 e. The molecule has 2 rings (SSSR count). The van der Waals surface area contributed by atoms with Gasteiger partial charge in [-0.25, -0.2) is 9.59 Å². The van der Waals surface area contributed by atoms with E-state index in [2.05, 4.69) is 0 Å². The second-order valence-electron chi connectivity index (χ2n) is 7.28. The molecule has 0 aromatic heterocycles. The molecule has 6 heteroatoms. The highest BCUT2D eigenvalue weighted by molar-refractivity contribution is 5.87. The highest BCUT2D eigenvalue weighted by Gasteiger charge is 2.36. The highest BCUT2D eigenvalue weighted by atomic mass is 16.6. The van der Waals surface area contributed by atoms with Gasteiger partial charge >= 0.3 is 11.9 Å². The van der Waals surface area contributed by atoms with Crippen LogP contribution >= 0.6 is 0 Å². The van der Waals surface area contributed by atoms with Crippen LogP contribution in [0.3, 0.4) is 0 Å². The Morgan fingerprint density at radius 3 is 2.40 bits per heavy atom. The molecule has 1 N–H and O–H groups in total. The van der Waals surface area contributed by atoms with Crippen molar-refractivity contribution >= 4 is 17.8 Å². The van der Waals surface area contributed by atoms with Gasteiger partial charge in [0.25, 0.3) is 0 Å². The maximum atomic E-state index is 12.5. The van der Waals surface area contributed by atoms with Gasteiger partial charge in [-0.05, 0) is 57.7 Å². The number of rotatable bonds is 5. The third kappa shape index (κ3) is 5.31. The van der Waals surface area contributed by atoms with E-state index in [1.165, 1.54) is 12.1 Å². The Morgan fingerprint density at radius 2 is 1.84 bits per heavy atom. The average Bonchev–Trinajstić information content (AvgIpc) is 3.01. The van der Waals surface area contributed by atoms with E-state index in [-0.39, 0.29) is 23.9 Å². The maximum Gasteiger partial charge on any atom is 0.335 e. The van der Waals surface area contributed by atoms with Crippen LogP contribution in [0.2, 0.25) is 0 Å². The molecule has 1 heterocycles. The quantitative estimate of drug-likeness (QED) is 0.828. The summed E-state index contributed by atoms with van der Waals surface area (Å²) in [6.45, 7) is 6.01. The molecular formula is C19H25NO5. The predicted molar refractivity (Wildman–Crippen MR) is 92.3 cm³/mol. The third-order valence-electron chi connectivity index (χ3n) is 4.08. The molecule has 0 aliphatic carbocycles. The Kier molecular flexibility index (Phi) is 5.82. The number of amides is 1. The van der Waals surface area contributed by atoms with Crippen LogP contribution in [0.4, 0.5) is 0 Å². The first kappa shape index (κ1) is 19.0. The minimum atomic E-state index is -0.972. The lowest BCUT2D eigenvalue weighted by Gasteiger charge is -2.27. The molecule has 1 fully saturated rings. The van der Waals surface area contributed by atoms with Crippen molar-refractivity contribution in [3.05, 3.63) is 35.4 Å². The van der Waals surface area contributed by atoms with E-state index in [1.54, 1.807) is 17.0 Å². The van der Waals surface area contributed by atoms with E-state index in [4.69, 9.17) is 9.84 Å². The van der Waals surface area contributed by atoms with Crippen LogP contribution in [0.15, 0.2) is 24.3 Å². The van der Waals surface area contributed by atoms with Crippen molar-refractivity contribution in [1.29, 1.82) is 0 Å². The van der Waals surface area contributed by atoms with Crippen LogP contribution in [0, 0.1) is 0 Å². The molecule has 1 atom stereocenters. The number of aromatic carboxylic acids is 1. The van der Waals surface area contributed by atoms with Crippen molar-refractivity contribution < 1.29 is 24.2 Å². The van der Waals surface area contributed by atoms with Crippen LogP contribution in [-0.2, 0) is 20.7 Å². The second kappa shape index (κ2) is 7.68. The van der Waals surface area contributed by atoms with Crippen molar-refractivity contribution in [2.45, 2.75) is 58.1 Å². The predicted octanol–water partition coefficient (Wildman–Crippen LogP) is 2.65. The molecule has 1 aromatic carbocycles. The Labute approximate surface area is 147 Å². The van der Waals surface area contributed by atoms with Gasteiger partial charge in [0.2, 0.25) is 5.91 Å². The van der Waals surface area contributed by atoms with E-state index >= 15 is 0 Å². The summed E-state index contributed by atoms with van der Waals surface area (Å²) in [5, 5.41) is 8.89. The van der Waals surface area contributed by atoms with Gasteiger partial charge < -0.3 is 14.7 Å². The number of nitrogens with zero attached hydrogens (tertiary/aromatic N) is 1. The van der Waals surface area contributed by atoms with E-state index in [1.807, 2.05) is 20.8 Å². The number of carboxylic acid groups (broad SMARTS) is 1. The molecule has 1 aliphatic heterocycles. The van der Waals surface area contributed by atoms with Crippen molar-refractivity contribution in [3.8, 4) is 0 Å². The van der Waals surface area contributed by atoms with Crippen molar-refractivity contribution in [3.63, 3.8) is 0 Å². The molecule has 136 valence electrons. The van der Waals surface area contributed by atoms with Crippen molar-refractivity contribution in [2.24, 2.45) is 0 Å². The summed E-state index contributed by atoms with van der Waals surface area (Å²) in [6, 6.07) is 5.99. The van der Waals surface area contributed by atoms with E-state index in [0.717, 1.165) is 12.0 Å². The van der Waals surface area contributed by atoms with Crippen LogP contribution in [0.1, 0.15) is 56.0 Å². The first-order chi connectivity index (χ1) is 11.7. The summed E-state index contributed by atoms with van der Waals surface area (Å²) < 4.78 is 5.41. The number of hydrogen-bond donors (Lipinski definition) is 1. The van der Waals surface area contributed by atoms with Gasteiger partial charge in [-0.3, -0.25) is 4.79 Å². The summed E-state index contributed by atoms with van der Waals surface area (Å²) in [5.74, 6) is -1.39. The molecule has 25 heavy (non-hydrogen) atoms.